The Hall–Kier alpha value is -0.530. The second kappa shape index (κ2) is 3.25. The molecule has 2 heteroatoms. The van der Waals surface area contributed by atoms with Crippen molar-refractivity contribution in [3.05, 3.63) is 34.9 Å². The Balaban J connectivity index is 2.10. The van der Waals surface area contributed by atoms with E-state index in [1.807, 2.05) is 26.0 Å². The Labute approximate surface area is 89.7 Å². The van der Waals surface area contributed by atoms with Crippen LogP contribution in [0.1, 0.15) is 31.7 Å². The minimum atomic E-state index is -0.551. The summed E-state index contributed by atoms with van der Waals surface area (Å²) < 4.78 is 0. The van der Waals surface area contributed by atoms with Crippen LogP contribution >= 0.6 is 11.6 Å². The second-order valence-electron chi connectivity index (χ2n) is 4.65. The van der Waals surface area contributed by atoms with Gasteiger partial charge in [-0.05, 0) is 49.8 Å². The molecule has 1 fully saturated rings. The third-order valence-electron chi connectivity index (χ3n) is 3.00. The Morgan fingerprint density at radius 1 is 1.29 bits per heavy atom. The maximum absolute atomic E-state index is 9.82. The van der Waals surface area contributed by atoms with Gasteiger partial charge in [0, 0.05) is 5.02 Å². The summed E-state index contributed by atoms with van der Waals surface area (Å²) in [6.45, 7) is 3.77. The molecule has 1 aromatic carbocycles. The summed E-state index contributed by atoms with van der Waals surface area (Å²) in [4.78, 5) is 0. The zero-order valence-corrected chi connectivity index (χ0v) is 9.25. The highest BCUT2D eigenvalue weighted by atomic mass is 35.5. The minimum absolute atomic E-state index is 0.406. The highest BCUT2D eigenvalue weighted by Crippen LogP contribution is 2.53. The van der Waals surface area contributed by atoms with E-state index in [2.05, 4.69) is 12.1 Å². The first-order valence-corrected chi connectivity index (χ1v) is 5.34. The molecule has 2 atom stereocenters. The summed E-state index contributed by atoms with van der Waals surface area (Å²) in [5.41, 5.74) is 0.742. The molecule has 2 rings (SSSR count). The third kappa shape index (κ3) is 1.94. The minimum Gasteiger partial charge on any atom is -0.390 e. The number of halogens is 1. The van der Waals surface area contributed by atoms with E-state index in [1.165, 1.54) is 5.56 Å². The molecule has 0 spiro atoms. The molecule has 0 unspecified atom stereocenters. The van der Waals surface area contributed by atoms with Crippen molar-refractivity contribution in [1.29, 1.82) is 0 Å². The molecule has 1 N–H and O–H groups in total. The summed E-state index contributed by atoms with van der Waals surface area (Å²) in [5, 5.41) is 10.6. The van der Waals surface area contributed by atoms with E-state index in [4.69, 9.17) is 11.6 Å². The quantitative estimate of drug-likeness (QED) is 0.795. The molecule has 0 saturated heterocycles. The van der Waals surface area contributed by atoms with E-state index in [9.17, 15) is 5.11 Å². The van der Waals surface area contributed by atoms with Crippen LogP contribution in [0.25, 0.3) is 0 Å². The summed E-state index contributed by atoms with van der Waals surface area (Å²) >= 11 is 5.81. The summed E-state index contributed by atoms with van der Waals surface area (Å²) in [5.74, 6) is 0.927. The maximum atomic E-state index is 9.82. The molecule has 0 aliphatic heterocycles. The smallest absolute Gasteiger partial charge is 0.0625 e. The fourth-order valence-corrected chi connectivity index (χ4v) is 2.18. The van der Waals surface area contributed by atoms with Crippen molar-refractivity contribution in [1.82, 2.24) is 0 Å². The van der Waals surface area contributed by atoms with Crippen LogP contribution in [0.2, 0.25) is 5.02 Å². The molecule has 0 radical (unpaired) electrons. The average molecular weight is 211 g/mol. The first-order chi connectivity index (χ1) is 6.48. The van der Waals surface area contributed by atoms with Crippen molar-refractivity contribution in [3.8, 4) is 0 Å². The Kier molecular flexibility index (Phi) is 2.32. The van der Waals surface area contributed by atoms with Gasteiger partial charge in [-0.1, -0.05) is 23.7 Å². The third-order valence-corrected chi connectivity index (χ3v) is 3.25. The molecular weight excluding hydrogens is 196 g/mol. The number of benzene rings is 1. The predicted molar refractivity (Wildman–Crippen MR) is 58.6 cm³/mol. The topological polar surface area (TPSA) is 20.2 Å². The van der Waals surface area contributed by atoms with Gasteiger partial charge < -0.3 is 5.11 Å². The monoisotopic (exact) mass is 210 g/mol. The van der Waals surface area contributed by atoms with Gasteiger partial charge in [0.15, 0.2) is 0 Å². The van der Waals surface area contributed by atoms with Crippen molar-refractivity contribution in [2.24, 2.45) is 5.92 Å². The van der Waals surface area contributed by atoms with E-state index in [0.29, 0.717) is 11.8 Å². The van der Waals surface area contributed by atoms with Crippen LogP contribution in [0.3, 0.4) is 0 Å². The lowest BCUT2D eigenvalue weighted by molar-refractivity contribution is 0.0546. The number of hydrogen-bond acceptors (Lipinski definition) is 1. The molecule has 76 valence electrons. The largest absolute Gasteiger partial charge is 0.390 e. The number of aliphatic hydroxyl groups is 1. The van der Waals surface area contributed by atoms with Gasteiger partial charge in [0.1, 0.15) is 0 Å². The fraction of sp³-hybridized carbons (Fsp3) is 0.500. The van der Waals surface area contributed by atoms with Crippen LogP contribution in [0.4, 0.5) is 0 Å². The highest BCUT2D eigenvalue weighted by Gasteiger charge is 2.47. The molecule has 0 aromatic heterocycles. The van der Waals surface area contributed by atoms with Crippen LogP contribution in [-0.4, -0.2) is 10.7 Å². The van der Waals surface area contributed by atoms with Gasteiger partial charge in [0.25, 0.3) is 0 Å². The highest BCUT2D eigenvalue weighted by molar-refractivity contribution is 6.30. The van der Waals surface area contributed by atoms with E-state index < -0.39 is 5.60 Å². The van der Waals surface area contributed by atoms with Crippen molar-refractivity contribution < 1.29 is 5.11 Å². The van der Waals surface area contributed by atoms with Crippen LogP contribution < -0.4 is 0 Å². The Bertz CT molecular complexity index is 323. The predicted octanol–water partition coefficient (Wildman–Crippen LogP) is 3.21. The summed E-state index contributed by atoms with van der Waals surface area (Å²) in [7, 11) is 0. The molecule has 1 aliphatic rings. The molecule has 1 aliphatic carbocycles. The first-order valence-electron chi connectivity index (χ1n) is 4.96. The molecule has 0 heterocycles. The molecule has 1 saturated carbocycles. The lowest BCUT2D eigenvalue weighted by Crippen LogP contribution is -2.22. The maximum Gasteiger partial charge on any atom is 0.0625 e. The van der Waals surface area contributed by atoms with Crippen molar-refractivity contribution in [2.75, 3.05) is 0 Å². The van der Waals surface area contributed by atoms with E-state index >= 15 is 0 Å². The molecule has 1 nitrogen and oxygen atoms in total. The van der Waals surface area contributed by atoms with Gasteiger partial charge >= 0.3 is 0 Å². The SMILES string of the molecule is CC(C)(O)[C@@H]1C[C@H]1c1ccc(Cl)cc1. The van der Waals surface area contributed by atoms with Gasteiger partial charge in [0.2, 0.25) is 0 Å². The normalized spacial score (nSPS) is 26.3. The summed E-state index contributed by atoms with van der Waals surface area (Å²) in [6, 6.07) is 7.94. The molecule has 1 aromatic rings. The van der Waals surface area contributed by atoms with E-state index in [0.717, 1.165) is 11.4 Å². The first kappa shape index (κ1) is 10.0. The van der Waals surface area contributed by atoms with Gasteiger partial charge in [-0.2, -0.15) is 0 Å². The zero-order valence-electron chi connectivity index (χ0n) is 8.50. The Morgan fingerprint density at radius 2 is 1.86 bits per heavy atom. The molecule has 0 amide bonds. The van der Waals surface area contributed by atoms with Gasteiger partial charge in [-0.25, -0.2) is 0 Å². The standard InChI is InChI=1S/C12H15ClO/c1-12(2,14)11-7-10(11)8-3-5-9(13)6-4-8/h3-6,10-11,14H,7H2,1-2H3/t10-,11+/m0/s1. The van der Waals surface area contributed by atoms with Gasteiger partial charge in [-0.15, -0.1) is 0 Å². The number of rotatable bonds is 2. The van der Waals surface area contributed by atoms with Crippen LogP contribution in [0.5, 0.6) is 0 Å². The number of hydrogen-bond donors (Lipinski definition) is 1. The molecule has 0 bridgehead atoms. The van der Waals surface area contributed by atoms with Gasteiger partial charge in [0.05, 0.1) is 5.60 Å². The van der Waals surface area contributed by atoms with Crippen LogP contribution in [-0.2, 0) is 0 Å². The van der Waals surface area contributed by atoms with Crippen molar-refractivity contribution in [3.63, 3.8) is 0 Å². The second-order valence-corrected chi connectivity index (χ2v) is 5.09. The Morgan fingerprint density at radius 3 is 2.29 bits per heavy atom. The average Bonchev–Trinajstić information content (AvgIpc) is 2.83. The lowest BCUT2D eigenvalue weighted by Gasteiger charge is -2.16. The van der Waals surface area contributed by atoms with Crippen molar-refractivity contribution in [2.45, 2.75) is 31.8 Å². The van der Waals surface area contributed by atoms with Crippen molar-refractivity contribution >= 4 is 11.6 Å². The van der Waals surface area contributed by atoms with Crippen LogP contribution in [0.15, 0.2) is 24.3 Å². The fourth-order valence-electron chi connectivity index (χ4n) is 2.05. The zero-order chi connectivity index (χ0) is 10.3. The molecule has 14 heavy (non-hydrogen) atoms. The summed E-state index contributed by atoms with van der Waals surface area (Å²) in [6.07, 6.45) is 1.09. The molecular formula is C12H15ClO. The van der Waals surface area contributed by atoms with Crippen LogP contribution in [0, 0.1) is 5.92 Å². The van der Waals surface area contributed by atoms with E-state index in [1.54, 1.807) is 0 Å². The van der Waals surface area contributed by atoms with E-state index in [-0.39, 0.29) is 0 Å². The lowest BCUT2D eigenvalue weighted by atomic mass is 9.99. The van der Waals surface area contributed by atoms with Gasteiger partial charge in [-0.3, -0.25) is 0 Å².